The number of aromatic nitrogens is 2. The molecule has 5 heteroatoms. The predicted molar refractivity (Wildman–Crippen MR) is 66.6 cm³/mol. The molecule has 5 nitrogen and oxygen atoms in total. The molecule has 0 aromatic carbocycles. The SMILES string of the molecule is CCn1ncc(N)c1C(=O)NC1CCC(C)C1. The molecule has 1 aromatic rings. The van der Waals surface area contributed by atoms with Crippen molar-refractivity contribution in [2.24, 2.45) is 5.92 Å². The summed E-state index contributed by atoms with van der Waals surface area (Å²) in [7, 11) is 0. The van der Waals surface area contributed by atoms with Gasteiger partial charge in [-0.05, 0) is 32.1 Å². The van der Waals surface area contributed by atoms with Crippen LogP contribution in [0.4, 0.5) is 5.69 Å². The van der Waals surface area contributed by atoms with Gasteiger partial charge in [0.15, 0.2) is 0 Å². The van der Waals surface area contributed by atoms with Crippen molar-refractivity contribution in [1.82, 2.24) is 15.1 Å². The Morgan fingerprint density at radius 1 is 1.65 bits per heavy atom. The Kier molecular flexibility index (Phi) is 3.36. The van der Waals surface area contributed by atoms with Crippen molar-refractivity contribution in [3.63, 3.8) is 0 Å². The first-order valence-corrected chi connectivity index (χ1v) is 6.24. The number of nitrogens with two attached hydrogens (primary N) is 1. The second kappa shape index (κ2) is 4.77. The topological polar surface area (TPSA) is 72.9 Å². The largest absolute Gasteiger partial charge is 0.396 e. The summed E-state index contributed by atoms with van der Waals surface area (Å²) in [6, 6.07) is 0.289. The Bertz CT molecular complexity index is 413. The summed E-state index contributed by atoms with van der Waals surface area (Å²) in [5.74, 6) is 0.606. The van der Waals surface area contributed by atoms with Gasteiger partial charge in [0.25, 0.3) is 5.91 Å². The number of hydrogen-bond acceptors (Lipinski definition) is 3. The molecule has 2 unspecified atom stereocenters. The van der Waals surface area contributed by atoms with Gasteiger partial charge in [-0.1, -0.05) is 6.92 Å². The van der Waals surface area contributed by atoms with Gasteiger partial charge >= 0.3 is 0 Å². The Morgan fingerprint density at radius 2 is 2.41 bits per heavy atom. The fourth-order valence-electron chi connectivity index (χ4n) is 2.48. The molecule has 1 heterocycles. The minimum absolute atomic E-state index is 0.0963. The Hall–Kier alpha value is -1.52. The van der Waals surface area contributed by atoms with Crippen molar-refractivity contribution in [2.45, 2.75) is 45.7 Å². The molecule has 3 N–H and O–H groups in total. The Balaban J connectivity index is 2.06. The van der Waals surface area contributed by atoms with E-state index in [9.17, 15) is 4.79 Å². The highest BCUT2D eigenvalue weighted by molar-refractivity contribution is 5.97. The summed E-state index contributed by atoms with van der Waals surface area (Å²) < 4.78 is 1.64. The quantitative estimate of drug-likeness (QED) is 0.833. The van der Waals surface area contributed by atoms with E-state index >= 15 is 0 Å². The molecule has 0 radical (unpaired) electrons. The summed E-state index contributed by atoms with van der Waals surface area (Å²) >= 11 is 0. The fraction of sp³-hybridized carbons (Fsp3) is 0.667. The molecule has 1 saturated carbocycles. The predicted octanol–water partition coefficient (Wildman–Crippen LogP) is 1.40. The smallest absolute Gasteiger partial charge is 0.271 e. The number of carbonyl (C=O) groups excluding carboxylic acids is 1. The summed E-state index contributed by atoms with van der Waals surface area (Å²) in [5, 5.41) is 7.12. The zero-order valence-corrected chi connectivity index (χ0v) is 10.4. The van der Waals surface area contributed by atoms with E-state index < -0.39 is 0 Å². The first kappa shape index (κ1) is 12.0. The maximum Gasteiger partial charge on any atom is 0.271 e. The van der Waals surface area contributed by atoms with Crippen LogP contribution < -0.4 is 11.1 Å². The van der Waals surface area contributed by atoms with Gasteiger partial charge in [0.2, 0.25) is 0 Å². The van der Waals surface area contributed by atoms with Crippen molar-refractivity contribution in [3.8, 4) is 0 Å². The van der Waals surface area contributed by atoms with E-state index in [4.69, 9.17) is 5.73 Å². The van der Waals surface area contributed by atoms with Gasteiger partial charge in [-0.15, -0.1) is 0 Å². The molecular formula is C12H20N4O. The Labute approximate surface area is 101 Å². The van der Waals surface area contributed by atoms with E-state index in [0.29, 0.717) is 23.8 Å². The van der Waals surface area contributed by atoms with Crippen molar-refractivity contribution in [3.05, 3.63) is 11.9 Å². The summed E-state index contributed by atoms with van der Waals surface area (Å²) in [4.78, 5) is 12.1. The van der Waals surface area contributed by atoms with Crippen LogP contribution in [0.5, 0.6) is 0 Å². The zero-order valence-electron chi connectivity index (χ0n) is 10.4. The van der Waals surface area contributed by atoms with Gasteiger partial charge in [0.1, 0.15) is 5.69 Å². The molecule has 0 spiro atoms. The lowest BCUT2D eigenvalue weighted by atomic mass is 10.1. The van der Waals surface area contributed by atoms with E-state index in [1.807, 2.05) is 6.92 Å². The molecule has 0 bridgehead atoms. The molecule has 2 atom stereocenters. The number of nitrogen functional groups attached to an aromatic ring is 1. The van der Waals surface area contributed by atoms with Gasteiger partial charge in [0, 0.05) is 12.6 Å². The lowest BCUT2D eigenvalue weighted by Crippen LogP contribution is -2.34. The number of rotatable bonds is 3. The summed E-state index contributed by atoms with van der Waals surface area (Å²) in [5.41, 5.74) is 6.72. The van der Waals surface area contributed by atoms with Crippen LogP contribution in [0.3, 0.4) is 0 Å². The van der Waals surface area contributed by atoms with Crippen molar-refractivity contribution >= 4 is 11.6 Å². The minimum Gasteiger partial charge on any atom is -0.396 e. The molecule has 1 fully saturated rings. The maximum absolute atomic E-state index is 12.1. The average molecular weight is 236 g/mol. The highest BCUT2D eigenvalue weighted by Crippen LogP contribution is 2.25. The lowest BCUT2D eigenvalue weighted by molar-refractivity contribution is 0.0927. The van der Waals surface area contributed by atoms with Crippen LogP contribution >= 0.6 is 0 Å². The van der Waals surface area contributed by atoms with Crippen LogP contribution in [0.2, 0.25) is 0 Å². The third-order valence-corrected chi connectivity index (χ3v) is 3.41. The monoisotopic (exact) mass is 236 g/mol. The minimum atomic E-state index is -0.0963. The van der Waals surface area contributed by atoms with Crippen molar-refractivity contribution < 1.29 is 4.79 Å². The van der Waals surface area contributed by atoms with Gasteiger partial charge in [0.05, 0.1) is 11.9 Å². The third-order valence-electron chi connectivity index (χ3n) is 3.41. The Morgan fingerprint density at radius 3 is 3.00 bits per heavy atom. The van der Waals surface area contributed by atoms with Gasteiger partial charge < -0.3 is 11.1 Å². The standard InChI is InChI=1S/C12H20N4O/c1-3-16-11(10(13)7-14-16)12(17)15-9-5-4-8(2)6-9/h7-9H,3-6,13H2,1-2H3,(H,15,17). The molecule has 94 valence electrons. The van der Waals surface area contributed by atoms with Crippen LogP contribution in [0.25, 0.3) is 0 Å². The van der Waals surface area contributed by atoms with E-state index in [0.717, 1.165) is 12.8 Å². The van der Waals surface area contributed by atoms with Gasteiger partial charge in [-0.25, -0.2) is 0 Å². The third kappa shape index (κ3) is 2.43. The number of nitrogens with zero attached hydrogens (tertiary/aromatic N) is 2. The molecule has 0 aliphatic heterocycles. The molecule has 0 saturated heterocycles. The molecule has 2 rings (SSSR count). The molecule has 1 aliphatic carbocycles. The van der Waals surface area contributed by atoms with Crippen LogP contribution in [-0.4, -0.2) is 21.7 Å². The summed E-state index contributed by atoms with van der Waals surface area (Å²) in [6.07, 6.45) is 4.85. The fourth-order valence-corrected chi connectivity index (χ4v) is 2.48. The van der Waals surface area contributed by atoms with Crippen LogP contribution in [-0.2, 0) is 6.54 Å². The van der Waals surface area contributed by atoms with Crippen LogP contribution in [0.15, 0.2) is 6.20 Å². The van der Waals surface area contributed by atoms with Crippen molar-refractivity contribution in [2.75, 3.05) is 5.73 Å². The maximum atomic E-state index is 12.1. The zero-order chi connectivity index (χ0) is 12.4. The number of nitrogens with one attached hydrogen (secondary N) is 1. The highest BCUT2D eigenvalue weighted by atomic mass is 16.2. The number of aryl methyl sites for hydroxylation is 1. The molecular weight excluding hydrogens is 216 g/mol. The first-order chi connectivity index (χ1) is 8.11. The van der Waals surface area contributed by atoms with E-state index in [-0.39, 0.29) is 11.9 Å². The normalized spacial score (nSPS) is 23.9. The number of anilines is 1. The van der Waals surface area contributed by atoms with Gasteiger partial charge in [-0.3, -0.25) is 9.48 Å². The van der Waals surface area contributed by atoms with E-state index in [1.165, 1.54) is 12.6 Å². The second-order valence-electron chi connectivity index (χ2n) is 4.85. The summed E-state index contributed by atoms with van der Waals surface area (Å²) in [6.45, 7) is 4.82. The average Bonchev–Trinajstić information content (AvgIpc) is 2.84. The molecule has 17 heavy (non-hydrogen) atoms. The number of carbonyl (C=O) groups is 1. The molecule has 1 amide bonds. The number of hydrogen-bond donors (Lipinski definition) is 2. The van der Waals surface area contributed by atoms with E-state index in [1.54, 1.807) is 4.68 Å². The second-order valence-corrected chi connectivity index (χ2v) is 4.85. The van der Waals surface area contributed by atoms with E-state index in [2.05, 4.69) is 17.3 Å². The van der Waals surface area contributed by atoms with Crippen molar-refractivity contribution in [1.29, 1.82) is 0 Å². The number of amides is 1. The lowest BCUT2D eigenvalue weighted by Gasteiger charge is -2.13. The molecule has 1 aromatic heterocycles. The first-order valence-electron chi connectivity index (χ1n) is 6.24. The molecule has 1 aliphatic rings. The van der Waals surface area contributed by atoms with Crippen LogP contribution in [0.1, 0.15) is 43.6 Å². The highest BCUT2D eigenvalue weighted by Gasteiger charge is 2.25. The van der Waals surface area contributed by atoms with Crippen LogP contribution in [0, 0.1) is 5.92 Å². The van der Waals surface area contributed by atoms with Gasteiger partial charge in [-0.2, -0.15) is 5.10 Å².